The van der Waals surface area contributed by atoms with Crippen molar-refractivity contribution in [1.29, 1.82) is 0 Å². The number of rotatable bonds is 9. The van der Waals surface area contributed by atoms with Gasteiger partial charge in [-0.25, -0.2) is 0 Å². The van der Waals surface area contributed by atoms with Gasteiger partial charge in [0.15, 0.2) is 0 Å². The Morgan fingerprint density at radius 3 is 2.43 bits per heavy atom. The van der Waals surface area contributed by atoms with Crippen LogP contribution in [0.5, 0.6) is 0 Å². The number of nitrogens with one attached hydrogen (secondary N) is 1. The monoisotopic (exact) mass is 320 g/mol. The van der Waals surface area contributed by atoms with E-state index in [0.717, 1.165) is 12.1 Å². The predicted octanol–water partition coefficient (Wildman–Crippen LogP) is 1.69. The molecule has 0 saturated heterocycles. The van der Waals surface area contributed by atoms with E-state index < -0.39 is 5.91 Å². The van der Waals surface area contributed by atoms with Crippen LogP contribution < -0.4 is 11.1 Å². The minimum Gasteiger partial charge on any atom is -0.372 e. The molecule has 0 heterocycles. The second-order valence-corrected chi connectivity index (χ2v) is 4.45. The van der Waals surface area contributed by atoms with Crippen LogP contribution >= 0.6 is 0 Å². The molecule has 0 atom stereocenters. The van der Waals surface area contributed by atoms with Gasteiger partial charge in [-0.3, -0.25) is 4.79 Å². The zero-order chi connectivity index (χ0) is 17.3. The molecule has 128 valence electrons. The van der Waals surface area contributed by atoms with Crippen LogP contribution in [0.1, 0.15) is 31.4 Å². The topological polar surface area (TPSA) is 73.6 Å². The molecule has 0 aliphatic heterocycles. The summed E-state index contributed by atoms with van der Waals surface area (Å²) in [6.45, 7) is 6.21. The Labute approximate surface area is 139 Å². The highest BCUT2D eigenvalue weighted by Crippen LogP contribution is 2.02. The SMILES string of the molecule is CC.CNCc1ccc(C#CCOCCCOCC(N)=O)cc1. The van der Waals surface area contributed by atoms with Crippen LogP contribution in [0.25, 0.3) is 0 Å². The van der Waals surface area contributed by atoms with Crippen molar-refractivity contribution in [2.45, 2.75) is 26.8 Å². The number of primary amides is 1. The highest BCUT2D eigenvalue weighted by molar-refractivity contribution is 5.74. The summed E-state index contributed by atoms with van der Waals surface area (Å²) in [7, 11) is 1.92. The van der Waals surface area contributed by atoms with Crippen LogP contribution in [-0.2, 0) is 20.8 Å². The predicted molar refractivity (Wildman–Crippen MR) is 92.9 cm³/mol. The third-order valence-electron chi connectivity index (χ3n) is 2.56. The molecule has 3 N–H and O–H groups in total. The van der Waals surface area contributed by atoms with E-state index in [0.29, 0.717) is 26.2 Å². The number of ether oxygens (including phenoxy) is 2. The van der Waals surface area contributed by atoms with Crippen LogP contribution in [0.4, 0.5) is 0 Å². The number of hydrogen-bond donors (Lipinski definition) is 2. The lowest BCUT2D eigenvalue weighted by molar-refractivity contribution is -0.122. The average Bonchev–Trinajstić information content (AvgIpc) is 2.56. The summed E-state index contributed by atoms with van der Waals surface area (Å²) in [6, 6.07) is 8.10. The van der Waals surface area contributed by atoms with E-state index in [9.17, 15) is 4.79 Å². The molecule has 5 heteroatoms. The lowest BCUT2D eigenvalue weighted by atomic mass is 10.1. The Hall–Kier alpha value is -1.87. The van der Waals surface area contributed by atoms with Gasteiger partial charge >= 0.3 is 0 Å². The van der Waals surface area contributed by atoms with Crippen molar-refractivity contribution in [3.8, 4) is 11.8 Å². The van der Waals surface area contributed by atoms with Gasteiger partial charge in [0.25, 0.3) is 0 Å². The van der Waals surface area contributed by atoms with E-state index in [4.69, 9.17) is 15.2 Å². The minimum absolute atomic E-state index is 0.0383. The number of carbonyl (C=O) groups excluding carboxylic acids is 1. The maximum atomic E-state index is 10.4. The molecule has 0 spiro atoms. The van der Waals surface area contributed by atoms with E-state index >= 15 is 0 Å². The fourth-order valence-corrected chi connectivity index (χ4v) is 1.61. The first-order valence-electron chi connectivity index (χ1n) is 7.88. The fourth-order valence-electron chi connectivity index (χ4n) is 1.61. The van der Waals surface area contributed by atoms with Crippen molar-refractivity contribution in [2.75, 3.05) is 33.5 Å². The first-order chi connectivity index (χ1) is 11.2. The molecule has 1 aromatic carbocycles. The fraction of sp³-hybridized carbons (Fsp3) is 0.500. The summed E-state index contributed by atoms with van der Waals surface area (Å²) in [5.74, 6) is 5.55. The van der Waals surface area contributed by atoms with E-state index in [1.165, 1.54) is 5.56 Å². The molecule has 1 aromatic rings. The third kappa shape index (κ3) is 12.4. The molecule has 0 fully saturated rings. The molecule has 0 radical (unpaired) electrons. The van der Waals surface area contributed by atoms with Gasteiger partial charge in [0.2, 0.25) is 5.91 Å². The number of benzene rings is 1. The van der Waals surface area contributed by atoms with Crippen LogP contribution in [0.2, 0.25) is 0 Å². The normalized spacial score (nSPS) is 9.35. The summed E-state index contributed by atoms with van der Waals surface area (Å²) < 4.78 is 10.4. The van der Waals surface area contributed by atoms with Gasteiger partial charge in [0.05, 0.1) is 6.61 Å². The Morgan fingerprint density at radius 2 is 1.83 bits per heavy atom. The Kier molecular flexibility index (Phi) is 13.8. The molecule has 1 amide bonds. The first kappa shape index (κ1) is 21.1. The van der Waals surface area contributed by atoms with Gasteiger partial charge in [-0.1, -0.05) is 37.8 Å². The minimum atomic E-state index is -0.456. The maximum Gasteiger partial charge on any atom is 0.243 e. The average molecular weight is 320 g/mol. The Balaban J connectivity index is 0.00000232. The van der Waals surface area contributed by atoms with Gasteiger partial charge in [-0.2, -0.15) is 0 Å². The Morgan fingerprint density at radius 1 is 1.17 bits per heavy atom. The molecular formula is C18H28N2O3. The molecule has 23 heavy (non-hydrogen) atoms. The summed E-state index contributed by atoms with van der Waals surface area (Å²) in [5, 5.41) is 3.10. The lowest BCUT2D eigenvalue weighted by Crippen LogP contribution is -2.18. The van der Waals surface area contributed by atoms with E-state index in [2.05, 4.69) is 29.3 Å². The molecular weight excluding hydrogens is 292 g/mol. The zero-order valence-corrected chi connectivity index (χ0v) is 14.4. The van der Waals surface area contributed by atoms with Crippen molar-refractivity contribution in [3.05, 3.63) is 35.4 Å². The summed E-state index contributed by atoms with van der Waals surface area (Å²) in [6.07, 6.45) is 0.716. The maximum absolute atomic E-state index is 10.4. The number of hydrogen-bond acceptors (Lipinski definition) is 4. The summed E-state index contributed by atoms with van der Waals surface area (Å²) in [5.41, 5.74) is 7.14. The summed E-state index contributed by atoms with van der Waals surface area (Å²) >= 11 is 0. The quantitative estimate of drug-likeness (QED) is 0.536. The van der Waals surface area contributed by atoms with Gasteiger partial charge in [0.1, 0.15) is 13.2 Å². The molecule has 0 aliphatic rings. The molecule has 0 unspecified atom stereocenters. The number of amides is 1. The molecule has 0 bridgehead atoms. The number of nitrogens with two attached hydrogens (primary N) is 1. The smallest absolute Gasteiger partial charge is 0.243 e. The molecule has 0 saturated carbocycles. The van der Waals surface area contributed by atoms with Crippen LogP contribution in [0, 0.1) is 11.8 Å². The van der Waals surface area contributed by atoms with Gasteiger partial charge in [-0.15, -0.1) is 0 Å². The second-order valence-electron chi connectivity index (χ2n) is 4.45. The largest absolute Gasteiger partial charge is 0.372 e. The second kappa shape index (κ2) is 15.0. The van der Waals surface area contributed by atoms with Crippen molar-refractivity contribution in [1.82, 2.24) is 5.32 Å². The highest BCUT2D eigenvalue weighted by Gasteiger charge is 1.93. The molecule has 5 nitrogen and oxygen atoms in total. The van der Waals surface area contributed by atoms with Crippen molar-refractivity contribution in [3.63, 3.8) is 0 Å². The zero-order valence-electron chi connectivity index (χ0n) is 14.4. The first-order valence-corrected chi connectivity index (χ1v) is 7.88. The number of carbonyl (C=O) groups is 1. The van der Waals surface area contributed by atoms with E-state index in [1.54, 1.807) is 0 Å². The van der Waals surface area contributed by atoms with E-state index in [-0.39, 0.29) is 6.61 Å². The van der Waals surface area contributed by atoms with Crippen molar-refractivity contribution < 1.29 is 14.3 Å². The van der Waals surface area contributed by atoms with Crippen LogP contribution in [0.3, 0.4) is 0 Å². The van der Waals surface area contributed by atoms with Crippen molar-refractivity contribution >= 4 is 5.91 Å². The standard InChI is InChI=1S/C16H22N2O3.C2H6/c1-18-12-15-7-5-14(6-8-15)4-2-9-20-10-3-11-21-13-16(17)19;1-2/h5-8,18H,3,9-13H2,1H3,(H2,17,19);1-2H3. The van der Waals surface area contributed by atoms with Gasteiger partial charge in [0, 0.05) is 18.7 Å². The molecule has 0 aliphatic carbocycles. The molecule has 1 rings (SSSR count). The van der Waals surface area contributed by atoms with Gasteiger partial charge < -0.3 is 20.5 Å². The lowest BCUT2D eigenvalue weighted by Gasteiger charge is -2.01. The Bertz CT molecular complexity index is 475. The van der Waals surface area contributed by atoms with Crippen LogP contribution in [-0.4, -0.2) is 39.4 Å². The third-order valence-corrected chi connectivity index (χ3v) is 2.56. The van der Waals surface area contributed by atoms with Gasteiger partial charge in [-0.05, 0) is 31.2 Å². The van der Waals surface area contributed by atoms with Crippen LogP contribution in [0.15, 0.2) is 24.3 Å². The summed E-state index contributed by atoms with van der Waals surface area (Å²) in [4.78, 5) is 10.4. The van der Waals surface area contributed by atoms with Crippen molar-refractivity contribution in [2.24, 2.45) is 5.73 Å². The molecule has 0 aromatic heterocycles. The van der Waals surface area contributed by atoms with E-state index in [1.807, 2.05) is 33.0 Å². The highest BCUT2D eigenvalue weighted by atomic mass is 16.5.